The third-order valence-electron chi connectivity index (χ3n) is 2.70. The van der Waals surface area contributed by atoms with Gasteiger partial charge in [-0.2, -0.15) is 0 Å². The molecule has 3 nitrogen and oxygen atoms in total. The maximum Gasteiger partial charge on any atom is 0.196 e. The van der Waals surface area contributed by atoms with Crippen LogP contribution < -0.4 is 11.5 Å². The number of nitrogen functional groups attached to an aromatic ring is 2. The predicted octanol–water partition coefficient (Wildman–Crippen LogP) is 4.70. The number of hydrogen-bond acceptors (Lipinski definition) is 3. The Morgan fingerprint density at radius 3 is 1.70 bits per heavy atom. The molecule has 2 rings (SSSR count). The van der Waals surface area contributed by atoms with Gasteiger partial charge in [0, 0.05) is 11.3 Å². The van der Waals surface area contributed by atoms with Crippen molar-refractivity contribution in [1.29, 1.82) is 0 Å². The van der Waals surface area contributed by atoms with Crippen LogP contribution in [0.5, 0.6) is 0 Å². The fraction of sp³-hybridized carbons (Fsp3) is 0. The molecule has 0 bridgehead atoms. The van der Waals surface area contributed by atoms with Gasteiger partial charge in [0.1, 0.15) is 0 Å². The Bertz CT molecular complexity index is 670. The van der Waals surface area contributed by atoms with E-state index >= 15 is 0 Å². The molecule has 0 amide bonds. The molecular weight excluding hydrogens is 342 g/mol. The van der Waals surface area contributed by atoms with Gasteiger partial charge in [0.25, 0.3) is 0 Å². The standard InChI is InChI=1S/C13H8Cl4N2O/c14-8-7(9(15)11(17)12(19)10(8)16)13(20)5-1-3-6(18)4-2-5/h1-4H,18-19H2. The highest BCUT2D eigenvalue weighted by Crippen LogP contribution is 2.43. The van der Waals surface area contributed by atoms with Gasteiger partial charge in [-0.3, -0.25) is 4.79 Å². The van der Waals surface area contributed by atoms with Gasteiger partial charge in [-0.15, -0.1) is 0 Å². The maximum absolute atomic E-state index is 12.4. The summed E-state index contributed by atoms with van der Waals surface area (Å²) in [6, 6.07) is 6.30. The number of anilines is 2. The molecule has 0 aliphatic rings. The minimum atomic E-state index is -0.413. The second-order valence-electron chi connectivity index (χ2n) is 4.00. The Kier molecular flexibility index (Phi) is 4.35. The molecule has 0 fully saturated rings. The van der Waals surface area contributed by atoms with Gasteiger partial charge in [0.15, 0.2) is 5.78 Å². The van der Waals surface area contributed by atoms with E-state index in [4.69, 9.17) is 57.9 Å². The Morgan fingerprint density at radius 1 is 0.800 bits per heavy atom. The summed E-state index contributed by atoms with van der Waals surface area (Å²) in [5.41, 5.74) is 12.2. The lowest BCUT2D eigenvalue weighted by Crippen LogP contribution is -2.06. The molecule has 0 aromatic heterocycles. The lowest BCUT2D eigenvalue weighted by atomic mass is 10.0. The highest BCUT2D eigenvalue weighted by atomic mass is 35.5. The number of ketones is 1. The molecule has 2 aromatic rings. The number of carbonyl (C=O) groups excluding carboxylic acids is 1. The Hall–Kier alpha value is -1.13. The molecular formula is C13H8Cl4N2O. The van der Waals surface area contributed by atoms with E-state index in [1.54, 1.807) is 24.3 Å². The topological polar surface area (TPSA) is 69.1 Å². The number of halogens is 4. The van der Waals surface area contributed by atoms with Crippen LogP contribution in [0.25, 0.3) is 0 Å². The fourth-order valence-electron chi connectivity index (χ4n) is 1.63. The summed E-state index contributed by atoms with van der Waals surface area (Å²) >= 11 is 24.0. The third-order valence-corrected chi connectivity index (χ3v) is 4.43. The van der Waals surface area contributed by atoms with E-state index in [0.717, 1.165) is 0 Å². The normalized spacial score (nSPS) is 10.6. The first-order valence-corrected chi connectivity index (χ1v) is 6.87. The second-order valence-corrected chi connectivity index (χ2v) is 5.51. The second kappa shape index (κ2) is 5.70. The Balaban J connectivity index is 2.64. The molecule has 0 aliphatic carbocycles. The lowest BCUT2D eigenvalue weighted by molar-refractivity contribution is 0.103. The van der Waals surface area contributed by atoms with Crippen molar-refractivity contribution < 1.29 is 4.79 Å². The zero-order valence-electron chi connectivity index (χ0n) is 9.88. The van der Waals surface area contributed by atoms with E-state index in [1.807, 2.05) is 0 Å². The van der Waals surface area contributed by atoms with Crippen LogP contribution in [0.15, 0.2) is 24.3 Å². The molecule has 0 saturated heterocycles. The van der Waals surface area contributed by atoms with Crippen molar-refractivity contribution in [2.75, 3.05) is 11.5 Å². The fourth-order valence-corrected chi connectivity index (χ4v) is 2.67. The quantitative estimate of drug-likeness (QED) is 0.469. The molecule has 0 saturated carbocycles. The summed E-state index contributed by atoms with van der Waals surface area (Å²) in [4.78, 5) is 12.4. The van der Waals surface area contributed by atoms with Crippen LogP contribution in [0.4, 0.5) is 11.4 Å². The Morgan fingerprint density at radius 2 is 1.25 bits per heavy atom. The minimum absolute atomic E-state index is 0.000128. The average molecular weight is 350 g/mol. The first-order chi connectivity index (χ1) is 9.34. The van der Waals surface area contributed by atoms with Crippen molar-refractivity contribution in [1.82, 2.24) is 0 Å². The van der Waals surface area contributed by atoms with Gasteiger partial charge in [0.2, 0.25) is 0 Å². The van der Waals surface area contributed by atoms with Gasteiger partial charge in [-0.05, 0) is 24.3 Å². The molecule has 4 N–H and O–H groups in total. The summed E-state index contributed by atoms with van der Waals surface area (Å²) in [5, 5.41) is -0.0551. The molecule has 0 unspecified atom stereocenters. The van der Waals surface area contributed by atoms with Crippen molar-refractivity contribution in [3.8, 4) is 0 Å². The molecule has 2 aromatic carbocycles. The van der Waals surface area contributed by atoms with E-state index < -0.39 is 5.78 Å². The van der Waals surface area contributed by atoms with Gasteiger partial charge >= 0.3 is 0 Å². The zero-order valence-corrected chi connectivity index (χ0v) is 12.9. The smallest absolute Gasteiger partial charge is 0.196 e. The van der Waals surface area contributed by atoms with Crippen LogP contribution in [0.3, 0.4) is 0 Å². The van der Waals surface area contributed by atoms with Gasteiger partial charge in [-0.1, -0.05) is 46.4 Å². The highest BCUT2D eigenvalue weighted by molar-refractivity contribution is 6.53. The number of hydrogen-bond donors (Lipinski definition) is 2. The first kappa shape index (κ1) is 15.3. The first-order valence-electron chi connectivity index (χ1n) is 5.36. The molecule has 0 spiro atoms. The largest absolute Gasteiger partial charge is 0.399 e. The van der Waals surface area contributed by atoms with Crippen LogP contribution in [0, 0.1) is 0 Å². The van der Waals surface area contributed by atoms with Gasteiger partial charge in [0.05, 0.1) is 31.3 Å². The van der Waals surface area contributed by atoms with Crippen LogP contribution >= 0.6 is 46.4 Å². The van der Waals surface area contributed by atoms with Crippen molar-refractivity contribution in [3.05, 3.63) is 55.5 Å². The van der Waals surface area contributed by atoms with Crippen LogP contribution in [0.2, 0.25) is 20.1 Å². The summed E-state index contributed by atoms with van der Waals surface area (Å²) in [6.45, 7) is 0. The molecule has 7 heteroatoms. The number of benzene rings is 2. The van der Waals surface area contributed by atoms with E-state index in [9.17, 15) is 4.79 Å². The molecule has 0 heterocycles. The molecule has 0 radical (unpaired) electrons. The van der Waals surface area contributed by atoms with Crippen molar-refractivity contribution >= 4 is 63.6 Å². The van der Waals surface area contributed by atoms with E-state index in [0.29, 0.717) is 11.3 Å². The molecule has 0 atom stereocenters. The van der Waals surface area contributed by atoms with Crippen molar-refractivity contribution in [2.24, 2.45) is 0 Å². The van der Waals surface area contributed by atoms with Crippen molar-refractivity contribution in [3.63, 3.8) is 0 Å². The maximum atomic E-state index is 12.4. The lowest BCUT2D eigenvalue weighted by Gasteiger charge is -2.12. The van der Waals surface area contributed by atoms with Crippen molar-refractivity contribution in [2.45, 2.75) is 0 Å². The molecule has 20 heavy (non-hydrogen) atoms. The summed E-state index contributed by atoms with van der Waals surface area (Å²) in [5.74, 6) is -0.413. The highest BCUT2D eigenvalue weighted by Gasteiger charge is 2.24. The average Bonchev–Trinajstić information content (AvgIpc) is 2.44. The van der Waals surface area contributed by atoms with Gasteiger partial charge < -0.3 is 11.5 Å². The Labute approximate surface area is 135 Å². The summed E-state index contributed by atoms with van der Waals surface area (Å²) < 4.78 is 0. The number of nitrogens with two attached hydrogens (primary N) is 2. The number of rotatable bonds is 2. The third kappa shape index (κ3) is 2.54. The predicted molar refractivity (Wildman–Crippen MR) is 85.2 cm³/mol. The van der Waals surface area contributed by atoms with Crippen LogP contribution in [0.1, 0.15) is 15.9 Å². The van der Waals surface area contributed by atoms with E-state index in [1.165, 1.54) is 0 Å². The zero-order chi connectivity index (χ0) is 15.0. The molecule has 0 aliphatic heterocycles. The number of carbonyl (C=O) groups is 1. The van der Waals surface area contributed by atoms with Crippen LogP contribution in [-0.2, 0) is 0 Å². The van der Waals surface area contributed by atoms with E-state index in [2.05, 4.69) is 0 Å². The van der Waals surface area contributed by atoms with Crippen LogP contribution in [-0.4, -0.2) is 5.78 Å². The monoisotopic (exact) mass is 348 g/mol. The van der Waals surface area contributed by atoms with Gasteiger partial charge in [-0.25, -0.2) is 0 Å². The van der Waals surface area contributed by atoms with E-state index in [-0.39, 0.29) is 31.3 Å². The summed E-state index contributed by atoms with van der Waals surface area (Å²) in [7, 11) is 0. The SMILES string of the molecule is Nc1ccc(C(=O)c2c(Cl)c(Cl)c(N)c(Cl)c2Cl)cc1. The summed E-state index contributed by atoms with van der Waals surface area (Å²) in [6.07, 6.45) is 0. The minimum Gasteiger partial charge on any atom is -0.399 e. The molecule has 104 valence electrons.